The molecule has 2 rings (SSSR count). The molecule has 0 aliphatic heterocycles. The second-order valence-electron chi connectivity index (χ2n) is 4.51. The minimum atomic E-state index is -1.26. The van der Waals surface area contributed by atoms with Gasteiger partial charge in [-0.2, -0.15) is 0 Å². The lowest BCUT2D eigenvalue weighted by Crippen LogP contribution is -2.15. The van der Waals surface area contributed by atoms with Crippen molar-refractivity contribution in [1.82, 2.24) is 0 Å². The molecule has 0 saturated heterocycles. The first-order chi connectivity index (χ1) is 9.95. The van der Waals surface area contributed by atoms with Crippen molar-refractivity contribution in [2.75, 3.05) is 11.1 Å². The van der Waals surface area contributed by atoms with Crippen LogP contribution in [0.1, 0.15) is 15.9 Å². The fourth-order valence-electron chi connectivity index (χ4n) is 1.88. The third-order valence-corrected chi connectivity index (χ3v) is 2.83. The Hall–Kier alpha value is -3.02. The predicted molar refractivity (Wildman–Crippen MR) is 78.3 cm³/mol. The van der Waals surface area contributed by atoms with Gasteiger partial charge in [-0.3, -0.25) is 4.79 Å². The van der Waals surface area contributed by atoms with Crippen LogP contribution in [0.15, 0.2) is 42.5 Å². The maximum atomic E-state index is 11.9. The largest absolute Gasteiger partial charge is 0.507 e. The number of anilines is 2. The second-order valence-corrected chi connectivity index (χ2v) is 4.51. The average molecular weight is 286 g/mol. The van der Waals surface area contributed by atoms with Crippen LogP contribution < -0.4 is 11.1 Å². The summed E-state index contributed by atoms with van der Waals surface area (Å²) in [6.07, 6.45) is 0.119. The fourth-order valence-corrected chi connectivity index (χ4v) is 1.88. The molecular weight excluding hydrogens is 272 g/mol. The molecule has 5 N–H and O–H groups in total. The summed E-state index contributed by atoms with van der Waals surface area (Å²) in [4.78, 5) is 22.8. The molecule has 6 nitrogen and oxygen atoms in total. The van der Waals surface area contributed by atoms with Crippen LogP contribution in [0.2, 0.25) is 0 Å². The van der Waals surface area contributed by atoms with Gasteiger partial charge in [-0.15, -0.1) is 0 Å². The number of nitrogens with two attached hydrogens (primary N) is 1. The van der Waals surface area contributed by atoms with Crippen molar-refractivity contribution in [2.45, 2.75) is 6.42 Å². The highest BCUT2D eigenvalue weighted by molar-refractivity contribution is 5.96. The molecule has 0 aliphatic rings. The lowest BCUT2D eigenvalue weighted by atomic mass is 10.1. The number of carbonyl (C=O) groups is 2. The van der Waals surface area contributed by atoms with E-state index in [2.05, 4.69) is 5.32 Å². The summed E-state index contributed by atoms with van der Waals surface area (Å²) in [5.74, 6) is -1.92. The van der Waals surface area contributed by atoms with Crippen LogP contribution in [0.5, 0.6) is 5.75 Å². The molecule has 21 heavy (non-hydrogen) atoms. The quantitative estimate of drug-likeness (QED) is 0.506. The van der Waals surface area contributed by atoms with Crippen LogP contribution in [-0.2, 0) is 11.2 Å². The third-order valence-electron chi connectivity index (χ3n) is 2.83. The molecule has 2 aromatic carbocycles. The Balaban J connectivity index is 2.09. The summed E-state index contributed by atoms with van der Waals surface area (Å²) in [6.45, 7) is 0. The minimum absolute atomic E-state index is 0.119. The highest BCUT2D eigenvalue weighted by Crippen LogP contribution is 2.21. The summed E-state index contributed by atoms with van der Waals surface area (Å²) in [5, 5.41) is 20.9. The molecule has 108 valence electrons. The van der Waals surface area contributed by atoms with Crippen molar-refractivity contribution >= 4 is 23.3 Å². The van der Waals surface area contributed by atoms with Gasteiger partial charge in [0.05, 0.1) is 6.42 Å². The Morgan fingerprint density at radius 2 is 1.90 bits per heavy atom. The molecule has 0 aliphatic carbocycles. The first kappa shape index (κ1) is 14.4. The van der Waals surface area contributed by atoms with E-state index < -0.39 is 5.97 Å². The van der Waals surface area contributed by atoms with E-state index in [1.165, 1.54) is 18.2 Å². The molecule has 2 aromatic rings. The number of benzene rings is 2. The standard InChI is InChI=1S/C15H14N2O4/c16-10-3-1-2-9(6-10)7-14(19)17-11-4-5-13(18)12(8-11)15(20)21/h1-6,8,18H,7,16H2,(H,17,19)(H,20,21). The van der Waals surface area contributed by atoms with Crippen molar-refractivity contribution in [3.63, 3.8) is 0 Å². The van der Waals surface area contributed by atoms with Gasteiger partial charge in [-0.25, -0.2) is 4.79 Å². The lowest BCUT2D eigenvalue weighted by Gasteiger charge is -2.07. The van der Waals surface area contributed by atoms with E-state index in [4.69, 9.17) is 10.8 Å². The molecule has 6 heteroatoms. The van der Waals surface area contributed by atoms with Crippen LogP contribution in [-0.4, -0.2) is 22.1 Å². The van der Waals surface area contributed by atoms with Crippen LogP contribution in [0.4, 0.5) is 11.4 Å². The lowest BCUT2D eigenvalue weighted by molar-refractivity contribution is -0.115. The van der Waals surface area contributed by atoms with E-state index in [9.17, 15) is 14.7 Å². The van der Waals surface area contributed by atoms with E-state index in [0.717, 1.165) is 5.56 Å². The Morgan fingerprint density at radius 1 is 1.14 bits per heavy atom. The summed E-state index contributed by atoms with van der Waals surface area (Å²) in [6, 6.07) is 10.8. The predicted octanol–water partition coefficient (Wildman–Crippen LogP) is 1.85. The molecule has 0 unspecified atom stereocenters. The van der Waals surface area contributed by atoms with Crippen molar-refractivity contribution < 1.29 is 19.8 Å². The number of phenols is 1. The van der Waals surface area contributed by atoms with E-state index in [1.54, 1.807) is 24.3 Å². The summed E-state index contributed by atoms with van der Waals surface area (Å²) in [5.41, 5.74) is 6.99. The number of amides is 1. The number of aromatic hydroxyl groups is 1. The zero-order valence-electron chi connectivity index (χ0n) is 11.0. The van der Waals surface area contributed by atoms with Gasteiger partial charge in [0.1, 0.15) is 11.3 Å². The van der Waals surface area contributed by atoms with Crippen LogP contribution in [0.25, 0.3) is 0 Å². The van der Waals surface area contributed by atoms with Crippen LogP contribution in [0, 0.1) is 0 Å². The molecule has 1 amide bonds. The number of hydrogen-bond acceptors (Lipinski definition) is 4. The Kier molecular flexibility index (Phi) is 4.08. The number of carbonyl (C=O) groups excluding carboxylic acids is 1. The molecular formula is C15H14N2O4. The van der Waals surface area contributed by atoms with Crippen molar-refractivity contribution in [2.24, 2.45) is 0 Å². The van der Waals surface area contributed by atoms with Gasteiger partial charge >= 0.3 is 5.97 Å². The number of hydrogen-bond donors (Lipinski definition) is 4. The zero-order valence-corrected chi connectivity index (χ0v) is 11.0. The number of nitrogen functional groups attached to an aromatic ring is 1. The van der Waals surface area contributed by atoms with Gasteiger partial charge in [0.2, 0.25) is 5.91 Å². The minimum Gasteiger partial charge on any atom is -0.507 e. The molecule has 0 bridgehead atoms. The Bertz CT molecular complexity index is 698. The normalized spacial score (nSPS) is 10.1. The number of carboxylic acid groups (broad SMARTS) is 1. The Morgan fingerprint density at radius 3 is 2.57 bits per heavy atom. The van der Waals surface area contributed by atoms with E-state index >= 15 is 0 Å². The van der Waals surface area contributed by atoms with Gasteiger partial charge in [0, 0.05) is 11.4 Å². The van der Waals surface area contributed by atoms with E-state index in [1.807, 2.05) is 0 Å². The van der Waals surface area contributed by atoms with E-state index in [0.29, 0.717) is 11.4 Å². The smallest absolute Gasteiger partial charge is 0.339 e. The molecule has 0 fully saturated rings. The number of carboxylic acids is 1. The first-order valence-corrected chi connectivity index (χ1v) is 6.16. The maximum Gasteiger partial charge on any atom is 0.339 e. The summed E-state index contributed by atoms with van der Waals surface area (Å²) >= 11 is 0. The van der Waals surface area contributed by atoms with Crippen molar-refractivity contribution in [1.29, 1.82) is 0 Å². The summed E-state index contributed by atoms with van der Waals surface area (Å²) < 4.78 is 0. The number of nitrogens with one attached hydrogen (secondary N) is 1. The maximum absolute atomic E-state index is 11.9. The van der Waals surface area contributed by atoms with E-state index in [-0.39, 0.29) is 23.6 Å². The molecule has 0 saturated carbocycles. The van der Waals surface area contributed by atoms with Gasteiger partial charge in [-0.1, -0.05) is 12.1 Å². The van der Waals surface area contributed by atoms with Gasteiger partial charge in [0.25, 0.3) is 0 Å². The molecule has 0 spiro atoms. The van der Waals surface area contributed by atoms with Gasteiger partial charge in [-0.05, 0) is 35.9 Å². The van der Waals surface area contributed by atoms with Gasteiger partial charge in [0.15, 0.2) is 0 Å². The number of aromatic carboxylic acids is 1. The summed E-state index contributed by atoms with van der Waals surface area (Å²) in [7, 11) is 0. The Labute approximate surface area is 120 Å². The second kappa shape index (κ2) is 5.96. The molecule has 0 heterocycles. The highest BCUT2D eigenvalue weighted by Gasteiger charge is 2.11. The monoisotopic (exact) mass is 286 g/mol. The van der Waals surface area contributed by atoms with Gasteiger partial charge < -0.3 is 21.3 Å². The highest BCUT2D eigenvalue weighted by atomic mass is 16.4. The first-order valence-electron chi connectivity index (χ1n) is 6.16. The van der Waals surface area contributed by atoms with Crippen LogP contribution >= 0.6 is 0 Å². The molecule has 0 atom stereocenters. The fraction of sp³-hybridized carbons (Fsp3) is 0.0667. The van der Waals surface area contributed by atoms with Crippen molar-refractivity contribution in [3.8, 4) is 5.75 Å². The third kappa shape index (κ3) is 3.73. The topological polar surface area (TPSA) is 113 Å². The van der Waals surface area contributed by atoms with Crippen LogP contribution in [0.3, 0.4) is 0 Å². The molecule has 0 radical (unpaired) electrons. The average Bonchev–Trinajstić information content (AvgIpc) is 2.40. The molecule has 0 aromatic heterocycles. The SMILES string of the molecule is Nc1cccc(CC(=O)Nc2ccc(O)c(C(=O)O)c2)c1. The number of rotatable bonds is 4. The zero-order chi connectivity index (χ0) is 15.4. The van der Waals surface area contributed by atoms with Crippen molar-refractivity contribution in [3.05, 3.63) is 53.6 Å².